The van der Waals surface area contributed by atoms with E-state index in [1.807, 2.05) is 0 Å². The lowest BCUT2D eigenvalue weighted by Gasteiger charge is -2.31. The average molecular weight is 200 g/mol. The first-order valence-corrected chi connectivity index (χ1v) is 5.79. The molecule has 1 fully saturated rings. The number of aliphatic hydroxyl groups is 1. The summed E-state index contributed by atoms with van der Waals surface area (Å²) < 4.78 is 0. The van der Waals surface area contributed by atoms with Gasteiger partial charge in [-0.2, -0.15) is 0 Å². The van der Waals surface area contributed by atoms with E-state index in [1.54, 1.807) is 0 Å². The van der Waals surface area contributed by atoms with Gasteiger partial charge in [-0.1, -0.05) is 13.3 Å². The van der Waals surface area contributed by atoms with E-state index >= 15 is 0 Å². The van der Waals surface area contributed by atoms with Crippen molar-refractivity contribution in [2.24, 2.45) is 5.92 Å². The lowest BCUT2D eigenvalue weighted by molar-refractivity contribution is 0.106. The van der Waals surface area contributed by atoms with E-state index in [0.717, 1.165) is 25.6 Å². The second kappa shape index (κ2) is 6.38. The van der Waals surface area contributed by atoms with Crippen molar-refractivity contribution in [1.29, 1.82) is 0 Å². The van der Waals surface area contributed by atoms with Crippen LogP contribution >= 0.6 is 0 Å². The minimum atomic E-state index is -0.222. The van der Waals surface area contributed by atoms with Gasteiger partial charge in [0.25, 0.3) is 0 Å². The molecule has 1 aliphatic carbocycles. The fourth-order valence-electron chi connectivity index (χ4n) is 1.93. The van der Waals surface area contributed by atoms with Crippen molar-refractivity contribution in [1.82, 2.24) is 10.2 Å². The Bertz CT molecular complexity index is 148. The van der Waals surface area contributed by atoms with Crippen LogP contribution in [-0.2, 0) is 0 Å². The third kappa shape index (κ3) is 4.40. The first-order valence-electron chi connectivity index (χ1n) is 5.79. The number of nitrogens with zero attached hydrogens (tertiary/aromatic N) is 1. The molecule has 1 rings (SSSR count). The van der Waals surface area contributed by atoms with Gasteiger partial charge in [-0.25, -0.2) is 0 Å². The van der Waals surface area contributed by atoms with Crippen molar-refractivity contribution in [3.63, 3.8) is 0 Å². The summed E-state index contributed by atoms with van der Waals surface area (Å²) in [5.41, 5.74) is 0. The molecule has 0 saturated heterocycles. The predicted octanol–water partition coefficient (Wildman–Crippen LogP) is 0.689. The molecule has 0 spiro atoms. The molecule has 0 aromatic heterocycles. The average Bonchev–Trinajstić information content (AvgIpc) is 2.08. The van der Waals surface area contributed by atoms with Gasteiger partial charge in [0, 0.05) is 19.6 Å². The molecule has 0 aromatic carbocycles. The van der Waals surface area contributed by atoms with Crippen molar-refractivity contribution in [2.45, 2.75) is 32.3 Å². The van der Waals surface area contributed by atoms with E-state index < -0.39 is 0 Å². The molecule has 0 amide bonds. The molecule has 3 heteroatoms. The third-order valence-corrected chi connectivity index (χ3v) is 2.95. The van der Waals surface area contributed by atoms with Gasteiger partial charge in [0.05, 0.1) is 6.10 Å². The summed E-state index contributed by atoms with van der Waals surface area (Å²) in [6.07, 6.45) is 3.94. The first kappa shape index (κ1) is 12.0. The molecular weight excluding hydrogens is 176 g/mol. The zero-order valence-corrected chi connectivity index (χ0v) is 9.50. The van der Waals surface area contributed by atoms with Crippen molar-refractivity contribution in [2.75, 3.05) is 33.2 Å². The Morgan fingerprint density at radius 1 is 1.50 bits per heavy atom. The number of aliphatic hydroxyl groups excluding tert-OH is 1. The molecule has 2 N–H and O–H groups in total. The Labute approximate surface area is 87.5 Å². The van der Waals surface area contributed by atoms with Gasteiger partial charge < -0.3 is 15.3 Å². The molecule has 0 aromatic rings. The lowest BCUT2D eigenvalue weighted by Crippen LogP contribution is -2.39. The summed E-state index contributed by atoms with van der Waals surface area (Å²) in [5, 5.41) is 12.8. The normalized spacial score (nSPS) is 19.7. The molecule has 3 nitrogen and oxygen atoms in total. The summed E-state index contributed by atoms with van der Waals surface area (Å²) >= 11 is 0. The third-order valence-electron chi connectivity index (χ3n) is 2.95. The van der Waals surface area contributed by atoms with Gasteiger partial charge >= 0.3 is 0 Å². The molecular formula is C11H24N2O. The van der Waals surface area contributed by atoms with Crippen molar-refractivity contribution in [3.8, 4) is 0 Å². The van der Waals surface area contributed by atoms with Crippen LogP contribution in [0, 0.1) is 5.92 Å². The van der Waals surface area contributed by atoms with E-state index in [2.05, 4.69) is 24.2 Å². The number of rotatable bonds is 7. The van der Waals surface area contributed by atoms with E-state index in [-0.39, 0.29) is 6.10 Å². The van der Waals surface area contributed by atoms with Gasteiger partial charge in [-0.3, -0.25) is 0 Å². The lowest BCUT2D eigenvalue weighted by atomic mass is 9.85. The molecule has 14 heavy (non-hydrogen) atoms. The first-order chi connectivity index (χ1) is 6.72. The molecule has 1 aliphatic rings. The van der Waals surface area contributed by atoms with Crippen LogP contribution in [0.1, 0.15) is 26.2 Å². The van der Waals surface area contributed by atoms with Crippen LogP contribution in [0.5, 0.6) is 0 Å². The van der Waals surface area contributed by atoms with Gasteiger partial charge in [-0.05, 0) is 32.4 Å². The summed E-state index contributed by atoms with van der Waals surface area (Å²) in [6.45, 7) is 5.66. The number of hydrogen-bond donors (Lipinski definition) is 2. The quantitative estimate of drug-likeness (QED) is 0.634. The van der Waals surface area contributed by atoms with Gasteiger partial charge in [0.15, 0.2) is 0 Å². The molecule has 0 radical (unpaired) electrons. The van der Waals surface area contributed by atoms with E-state index in [4.69, 9.17) is 0 Å². The molecule has 1 saturated carbocycles. The van der Waals surface area contributed by atoms with E-state index in [9.17, 15) is 5.11 Å². The Morgan fingerprint density at radius 2 is 2.21 bits per heavy atom. The van der Waals surface area contributed by atoms with Crippen LogP contribution in [0.15, 0.2) is 0 Å². The van der Waals surface area contributed by atoms with Crippen LogP contribution in [0.25, 0.3) is 0 Å². The second-order valence-electron chi connectivity index (χ2n) is 4.48. The Kier molecular flexibility index (Phi) is 5.45. The van der Waals surface area contributed by atoms with E-state index in [0.29, 0.717) is 6.54 Å². The standard InChI is InChI=1S/C11H24N2O/c1-3-12-7-11(14)9-13(2)8-10-5-4-6-10/h10-12,14H,3-9H2,1-2H3. The number of likely N-dealkylation sites (N-methyl/N-ethyl adjacent to an activating group) is 2. The molecule has 84 valence electrons. The minimum Gasteiger partial charge on any atom is -0.390 e. The zero-order valence-electron chi connectivity index (χ0n) is 9.50. The van der Waals surface area contributed by atoms with Gasteiger partial charge in [-0.15, -0.1) is 0 Å². The number of nitrogens with one attached hydrogen (secondary N) is 1. The SMILES string of the molecule is CCNCC(O)CN(C)CC1CCC1. The van der Waals surface area contributed by atoms with Crippen LogP contribution in [0.2, 0.25) is 0 Å². The molecule has 0 aliphatic heterocycles. The summed E-state index contributed by atoms with van der Waals surface area (Å²) in [4.78, 5) is 2.26. The highest BCUT2D eigenvalue weighted by Crippen LogP contribution is 2.26. The molecule has 0 bridgehead atoms. The van der Waals surface area contributed by atoms with Gasteiger partial charge in [0.2, 0.25) is 0 Å². The fraction of sp³-hybridized carbons (Fsp3) is 1.00. The smallest absolute Gasteiger partial charge is 0.0791 e. The molecule has 0 heterocycles. The predicted molar refractivity (Wildman–Crippen MR) is 59.4 cm³/mol. The minimum absolute atomic E-state index is 0.222. The van der Waals surface area contributed by atoms with Crippen molar-refractivity contribution >= 4 is 0 Å². The van der Waals surface area contributed by atoms with Crippen molar-refractivity contribution < 1.29 is 5.11 Å². The largest absolute Gasteiger partial charge is 0.390 e. The molecule has 1 atom stereocenters. The molecule has 1 unspecified atom stereocenters. The maximum Gasteiger partial charge on any atom is 0.0791 e. The van der Waals surface area contributed by atoms with E-state index in [1.165, 1.54) is 19.3 Å². The summed E-state index contributed by atoms with van der Waals surface area (Å²) in [7, 11) is 2.10. The highest BCUT2D eigenvalue weighted by atomic mass is 16.3. The number of hydrogen-bond acceptors (Lipinski definition) is 3. The van der Waals surface area contributed by atoms with Crippen LogP contribution in [-0.4, -0.2) is 49.3 Å². The summed E-state index contributed by atoms with van der Waals surface area (Å²) in [6, 6.07) is 0. The Balaban J connectivity index is 2.02. The van der Waals surface area contributed by atoms with Crippen molar-refractivity contribution in [3.05, 3.63) is 0 Å². The topological polar surface area (TPSA) is 35.5 Å². The van der Waals surface area contributed by atoms with Gasteiger partial charge in [0.1, 0.15) is 0 Å². The van der Waals surface area contributed by atoms with Crippen LogP contribution in [0.3, 0.4) is 0 Å². The van der Waals surface area contributed by atoms with Crippen LogP contribution < -0.4 is 5.32 Å². The highest BCUT2D eigenvalue weighted by molar-refractivity contribution is 4.74. The van der Waals surface area contributed by atoms with Crippen LogP contribution in [0.4, 0.5) is 0 Å². The maximum atomic E-state index is 9.65. The highest BCUT2D eigenvalue weighted by Gasteiger charge is 2.19. The fourth-order valence-corrected chi connectivity index (χ4v) is 1.93. The zero-order chi connectivity index (χ0) is 10.4. The summed E-state index contributed by atoms with van der Waals surface area (Å²) in [5.74, 6) is 0.895. The second-order valence-corrected chi connectivity index (χ2v) is 4.48. The monoisotopic (exact) mass is 200 g/mol. The Hall–Kier alpha value is -0.120. The maximum absolute atomic E-state index is 9.65. The Morgan fingerprint density at radius 3 is 2.71 bits per heavy atom.